The Morgan fingerprint density at radius 2 is 2.33 bits per heavy atom. The molecule has 0 spiro atoms. The topological polar surface area (TPSA) is 46.2 Å². The van der Waals surface area contributed by atoms with Gasteiger partial charge in [-0.3, -0.25) is 0 Å². The lowest BCUT2D eigenvalue weighted by Gasteiger charge is -2.19. The molecule has 2 nitrogen and oxygen atoms in total. The fourth-order valence-corrected chi connectivity index (χ4v) is 1.13. The van der Waals surface area contributed by atoms with Crippen molar-refractivity contribution in [2.24, 2.45) is 11.7 Å². The van der Waals surface area contributed by atoms with Crippen LogP contribution >= 0.6 is 0 Å². The van der Waals surface area contributed by atoms with E-state index in [0.717, 1.165) is 19.3 Å². The molecule has 0 saturated carbocycles. The molecule has 0 aromatic rings. The van der Waals surface area contributed by atoms with Gasteiger partial charge in [0.05, 0.1) is 0 Å². The van der Waals surface area contributed by atoms with Gasteiger partial charge in [-0.15, -0.1) is 0 Å². The molecule has 1 unspecified atom stereocenters. The maximum absolute atomic E-state index is 8.92. The number of aliphatic hydroxyl groups excluding tert-OH is 1. The number of aliphatic hydroxyl groups is 1. The average molecular weight is 127 g/mol. The lowest BCUT2D eigenvalue weighted by molar-refractivity contribution is 0.108. The number of nitrogens with two attached hydrogens (primary N) is 1. The van der Waals surface area contributed by atoms with Gasteiger partial charge in [-0.05, 0) is 19.3 Å². The van der Waals surface area contributed by atoms with Crippen molar-refractivity contribution in [2.75, 3.05) is 0 Å². The van der Waals surface area contributed by atoms with Gasteiger partial charge in [0.15, 0.2) is 0 Å². The number of rotatable bonds is 1. The first-order valence-corrected chi connectivity index (χ1v) is 3.39. The van der Waals surface area contributed by atoms with Gasteiger partial charge in [0.2, 0.25) is 0 Å². The molecule has 0 aromatic carbocycles. The Morgan fingerprint density at radius 3 is 2.67 bits per heavy atom. The second kappa shape index (κ2) is 2.99. The Balaban J connectivity index is 2.35. The van der Waals surface area contributed by atoms with Crippen molar-refractivity contribution >= 4 is 0 Å². The van der Waals surface area contributed by atoms with Crippen molar-refractivity contribution in [1.82, 2.24) is 0 Å². The maximum atomic E-state index is 8.92. The molecule has 0 saturated heterocycles. The Labute approximate surface area is 55.4 Å². The fraction of sp³-hybridized carbons (Fsp3) is 0.714. The Hall–Kier alpha value is -0.340. The second-order valence-electron chi connectivity index (χ2n) is 2.54. The van der Waals surface area contributed by atoms with E-state index in [1.54, 1.807) is 0 Å². The van der Waals surface area contributed by atoms with Crippen LogP contribution in [-0.2, 0) is 0 Å². The highest BCUT2D eigenvalue weighted by molar-refractivity contribution is 4.90. The Bertz CT molecular complexity index is 109. The van der Waals surface area contributed by atoms with Gasteiger partial charge in [0.25, 0.3) is 0 Å². The average Bonchev–Trinajstić information content (AvgIpc) is 1.90. The molecular weight excluding hydrogens is 114 g/mol. The summed E-state index contributed by atoms with van der Waals surface area (Å²) < 4.78 is 0. The molecule has 0 aliphatic heterocycles. The van der Waals surface area contributed by atoms with Gasteiger partial charge in [0, 0.05) is 5.92 Å². The third-order valence-corrected chi connectivity index (χ3v) is 1.79. The quantitative estimate of drug-likeness (QED) is 0.400. The molecule has 0 radical (unpaired) electrons. The van der Waals surface area contributed by atoms with Crippen molar-refractivity contribution in [2.45, 2.75) is 25.5 Å². The molecule has 2 atom stereocenters. The maximum Gasteiger partial charge on any atom is 0.105 e. The zero-order chi connectivity index (χ0) is 6.69. The van der Waals surface area contributed by atoms with Crippen molar-refractivity contribution in [1.29, 1.82) is 0 Å². The minimum absolute atomic E-state index is 0.301. The first-order chi connectivity index (χ1) is 4.30. The van der Waals surface area contributed by atoms with Crippen molar-refractivity contribution < 1.29 is 5.11 Å². The molecule has 0 amide bonds. The summed E-state index contributed by atoms with van der Waals surface area (Å²) in [6, 6.07) is 0. The van der Waals surface area contributed by atoms with Crippen LogP contribution in [0.5, 0.6) is 0 Å². The highest BCUT2D eigenvalue weighted by atomic mass is 16.3. The van der Waals surface area contributed by atoms with Gasteiger partial charge in [-0.25, -0.2) is 0 Å². The molecule has 0 heterocycles. The third kappa shape index (κ3) is 1.80. The minimum atomic E-state index is -0.616. The van der Waals surface area contributed by atoms with E-state index in [1.807, 2.05) is 0 Å². The van der Waals surface area contributed by atoms with Crippen LogP contribution in [0.25, 0.3) is 0 Å². The predicted octanol–water partition coefficient (Wildman–Crippen LogP) is 0.620. The van der Waals surface area contributed by atoms with Crippen LogP contribution in [0.3, 0.4) is 0 Å². The number of hydrogen-bond donors (Lipinski definition) is 2. The van der Waals surface area contributed by atoms with Gasteiger partial charge >= 0.3 is 0 Å². The molecular formula is C7H13NO. The summed E-state index contributed by atoms with van der Waals surface area (Å²) in [5.74, 6) is 0.301. The van der Waals surface area contributed by atoms with Crippen LogP contribution in [0, 0.1) is 5.92 Å². The molecule has 0 bridgehead atoms. The largest absolute Gasteiger partial charge is 0.379 e. The Morgan fingerprint density at radius 1 is 1.56 bits per heavy atom. The molecule has 1 aliphatic carbocycles. The molecule has 9 heavy (non-hydrogen) atoms. The van der Waals surface area contributed by atoms with Gasteiger partial charge in [-0.1, -0.05) is 12.2 Å². The first-order valence-electron chi connectivity index (χ1n) is 3.39. The van der Waals surface area contributed by atoms with Crippen LogP contribution < -0.4 is 5.73 Å². The Kier molecular flexibility index (Phi) is 2.25. The SMILES string of the molecule is N[C@@H](O)C1CC=CCC1. The first kappa shape index (κ1) is 6.78. The molecule has 0 fully saturated rings. The van der Waals surface area contributed by atoms with E-state index >= 15 is 0 Å². The van der Waals surface area contributed by atoms with Crippen molar-refractivity contribution in [3.05, 3.63) is 12.2 Å². The lowest BCUT2D eigenvalue weighted by Crippen LogP contribution is -2.29. The van der Waals surface area contributed by atoms with E-state index in [0.29, 0.717) is 5.92 Å². The van der Waals surface area contributed by atoms with Crippen LogP contribution in [0.2, 0.25) is 0 Å². The minimum Gasteiger partial charge on any atom is -0.379 e. The highest BCUT2D eigenvalue weighted by Crippen LogP contribution is 2.18. The van der Waals surface area contributed by atoms with E-state index < -0.39 is 6.23 Å². The van der Waals surface area contributed by atoms with Crippen LogP contribution in [0.15, 0.2) is 12.2 Å². The summed E-state index contributed by atoms with van der Waals surface area (Å²) in [7, 11) is 0. The molecule has 52 valence electrons. The third-order valence-electron chi connectivity index (χ3n) is 1.79. The summed E-state index contributed by atoms with van der Waals surface area (Å²) in [6.07, 6.45) is 6.66. The van der Waals surface area contributed by atoms with Crippen LogP contribution in [0.1, 0.15) is 19.3 Å². The molecule has 3 N–H and O–H groups in total. The molecule has 1 aliphatic rings. The van der Waals surface area contributed by atoms with Gasteiger partial charge in [0.1, 0.15) is 6.23 Å². The van der Waals surface area contributed by atoms with E-state index in [4.69, 9.17) is 10.8 Å². The van der Waals surface area contributed by atoms with Crippen molar-refractivity contribution in [3.63, 3.8) is 0 Å². The molecule has 1 rings (SSSR count). The van der Waals surface area contributed by atoms with E-state index in [-0.39, 0.29) is 0 Å². The fourth-order valence-electron chi connectivity index (χ4n) is 1.13. The summed E-state index contributed by atoms with van der Waals surface area (Å²) in [5, 5.41) is 8.92. The zero-order valence-electron chi connectivity index (χ0n) is 5.46. The van der Waals surface area contributed by atoms with E-state index in [9.17, 15) is 0 Å². The monoisotopic (exact) mass is 127 g/mol. The van der Waals surface area contributed by atoms with Crippen LogP contribution in [0.4, 0.5) is 0 Å². The summed E-state index contributed by atoms with van der Waals surface area (Å²) >= 11 is 0. The predicted molar refractivity (Wildman–Crippen MR) is 36.7 cm³/mol. The standard InChI is InChI=1S/C7H13NO/c8-7(9)6-4-2-1-3-5-6/h1-2,6-7,9H,3-5,8H2/t6?,7-/m0/s1. The van der Waals surface area contributed by atoms with Crippen molar-refractivity contribution in [3.8, 4) is 0 Å². The summed E-state index contributed by atoms with van der Waals surface area (Å²) in [6.45, 7) is 0. The normalized spacial score (nSPS) is 30.2. The number of allylic oxidation sites excluding steroid dienone is 2. The smallest absolute Gasteiger partial charge is 0.105 e. The zero-order valence-corrected chi connectivity index (χ0v) is 5.46. The molecule has 0 aromatic heterocycles. The van der Waals surface area contributed by atoms with E-state index in [2.05, 4.69) is 12.2 Å². The van der Waals surface area contributed by atoms with Gasteiger partial charge < -0.3 is 10.8 Å². The number of hydrogen-bond acceptors (Lipinski definition) is 2. The summed E-state index contributed by atoms with van der Waals surface area (Å²) in [4.78, 5) is 0. The van der Waals surface area contributed by atoms with Gasteiger partial charge in [-0.2, -0.15) is 0 Å². The van der Waals surface area contributed by atoms with E-state index in [1.165, 1.54) is 0 Å². The molecule has 2 heteroatoms. The lowest BCUT2D eigenvalue weighted by atomic mass is 9.93. The highest BCUT2D eigenvalue weighted by Gasteiger charge is 2.14. The van der Waals surface area contributed by atoms with Crippen LogP contribution in [-0.4, -0.2) is 11.3 Å². The summed E-state index contributed by atoms with van der Waals surface area (Å²) in [5.41, 5.74) is 5.29. The second-order valence-corrected chi connectivity index (χ2v) is 2.54.